The molecule has 0 saturated heterocycles. The van der Waals surface area contributed by atoms with Crippen molar-refractivity contribution < 1.29 is 71.5 Å². The quantitative estimate of drug-likeness (QED) is 0.132. The van der Waals surface area contributed by atoms with Gasteiger partial charge in [0.15, 0.2) is 0 Å². The molecule has 0 unspecified atom stereocenters. The lowest BCUT2D eigenvalue weighted by Crippen LogP contribution is -2.66. The fraction of sp³-hybridized carbons (Fsp3) is 0.867. The molecule has 0 aromatic heterocycles. The highest BCUT2D eigenvalue weighted by molar-refractivity contribution is 14.1. The molecule has 1 amide bonds. The van der Waals surface area contributed by atoms with Gasteiger partial charge in [-0.15, -0.1) is 0 Å². The zero-order valence-electron chi connectivity index (χ0n) is 17.6. The van der Waals surface area contributed by atoms with Gasteiger partial charge in [0.25, 0.3) is 0 Å². The van der Waals surface area contributed by atoms with Crippen LogP contribution in [0.15, 0.2) is 0 Å². The van der Waals surface area contributed by atoms with Crippen molar-refractivity contribution in [3.05, 3.63) is 0 Å². The van der Waals surface area contributed by atoms with Gasteiger partial charge in [-0.05, 0) is 20.8 Å². The van der Waals surface area contributed by atoms with Crippen molar-refractivity contribution in [1.82, 2.24) is 5.32 Å². The Labute approximate surface area is 201 Å². The monoisotopic (exact) mass is 651 g/mol. The first-order chi connectivity index (χ1) is 14.8. The molecule has 0 aromatic rings. The second-order valence-corrected chi connectivity index (χ2v) is 10.9. The third kappa shape index (κ3) is 6.50. The molecule has 1 N–H and O–H groups in total. The lowest BCUT2D eigenvalue weighted by molar-refractivity contribution is -0.439. The van der Waals surface area contributed by atoms with Crippen LogP contribution >= 0.6 is 22.6 Å². The average Bonchev–Trinajstić information content (AvgIpc) is 2.54. The number of amides is 1. The summed E-state index contributed by atoms with van der Waals surface area (Å²) in [5, 5.41) is -4.56. The standard InChI is InChI=1S/C15H18F8INO8S/c1-10(2,3)31-9(27)25-11(8(26)30-4)5-7(6-11)32-34(28,29)15(22,23)14(20,21)33-13(18,19)12(16,17)24/h7H,5-6H2,1-4H3,(H,25,27). The average molecular weight is 651 g/mol. The number of rotatable bonds is 9. The van der Waals surface area contributed by atoms with Crippen molar-refractivity contribution in [2.24, 2.45) is 0 Å². The first kappa shape index (κ1) is 30.8. The molecule has 19 heteroatoms. The normalized spacial score (nSPS) is 22.6. The lowest BCUT2D eigenvalue weighted by atomic mass is 9.74. The van der Waals surface area contributed by atoms with Gasteiger partial charge >= 0.3 is 43.6 Å². The van der Waals surface area contributed by atoms with E-state index in [0.717, 1.165) is 7.11 Å². The van der Waals surface area contributed by atoms with E-state index in [0.29, 0.717) is 0 Å². The van der Waals surface area contributed by atoms with Gasteiger partial charge in [-0.3, -0.25) is 4.18 Å². The molecule has 1 saturated carbocycles. The molecule has 1 rings (SSSR count). The molecule has 0 heterocycles. The molecular weight excluding hydrogens is 633 g/mol. The molecule has 0 spiro atoms. The van der Waals surface area contributed by atoms with E-state index in [1.807, 2.05) is 5.32 Å². The fourth-order valence-electron chi connectivity index (χ4n) is 2.46. The van der Waals surface area contributed by atoms with E-state index in [2.05, 4.69) is 13.7 Å². The number of alkyl halides is 9. The fourth-order valence-corrected chi connectivity index (χ4v) is 3.52. The Morgan fingerprint density at radius 1 is 0.971 bits per heavy atom. The summed E-state index contributed by atoms with van der Waals surface area (Å²) in [7, 11) is -5.97. The Bertz CT molecular complexity index is 897. The minimum Gasteiger partial charge on any atom is -0.467 e. The number of hydrogen-bond acceptors (Lipinski definition) is 8. The van der Waals surface area contributed by atoms with Crippen LogP contribution in [0, 0.1) is 0 Å². The Kier molecular flexibility index (Phi) is 8.46. The molecule has 1 fully saturated rings. The maximum atomic E-state index is 13.9. The summed E-state index contributed by atoms with van der Waals surface area (Å²) in [4.78, 5) is 23.9. The highest BCUT2D eigenvalue weighted by atomic mass is 127. The van der Waals surface area contributed by atoms with Gasteiger partial charge in [0.05, 0.1) is 13.2 Å². The molecule has 0 aromatic carbocycles. The van der Waals surface area contributed by atoms with Crippen molar-refractivity contribution in [3.63, 3.8) is 0 Å². The van der Waals surface area contributed by atoms with E-state index < -0.39 is 73.7 Å². The summed E-state index contributed by atoms with van der Waals surface area (Å²) in [6.45, 7) is 4.33. The van der Waals surface area contributed by atoms with Crippen LogP contribution in [-0.4, -0.2) is 66.2 Å². The molecule has 1 aliphatic carbocycles. The number of halogens is 9. The number of alkyl carbamates (subject to hydrolysis) is 1. The Morgan fingerprint density at radius 3 is 1.82 bits per heavy atom. The molecule has 0 atom stereocenters. The van der Waals surface area contributed by atoms with Crippen molar-refractivity contribution in [3.8, 4) is 0 Å². The van der Waals surface area contributed by atoms with Crippen LogP contribution in [0.1, 0.15) is 33.6 Å². The molecule has 0 bridgehead atoms. The van der Waals surface area contributed by atoms with Gasteiger partial charge in [-0.1, -0.05) is 0 Å². The summed E-state index contributed by atoms with van der Waals surface area (Å²) < 4.78 is 140. The van der Waals surface area contributed by atoms with Crippen molar-refractivity contribution in [2.45, 2.75) is 72.3 Å². The van der Waals surface area contributed by atoms with Crippen molar-refractivity contribution in [1.29, 1.82) is 0 Å². The number of hydrogen-bond donors (Lipinski definition) is 1. The highest BCUT2D eigenvalue weighted by Crippen LogP contribution is 2.50. The topological polar surface area (TPSA) is 117 Å². The predicted octanol–water partition coefficient (Wildman–Crippen LogP) is 3.75. The molecule has 0 radical (unpaired) electrons. The van der Waals surface area contributed by atoms with E-state index in [1.54, 1.807) is 0 Å². The molecule has 34 heavy (non-hydrogen) atoms. The van der Waals surface area contributed by atoms with Crippen molar-refractivity contribution >= 4 is 44.8 Å². The van der Waals surface area contributed by atoms with E-state index in [1.165, 1.54) is 20.8 Å². The summed E-state index contributed by atoms with van der Waals surface area (Å²) >= 11 is -0.382. The van der Waals surface area contributed by atoms with Gasteiger partial charge in [0.2, 0.25) is 0 Å². The van der Waals surface area contributed by atoms with Crippen LogP contribution in [0.4, 0.5) is 39.9 Å². The van der Waals surface area contributed by atoms with Crippen LogP contribution in [0.25, 0.3) is 0 Å². The Hall–Kier alpha value is -1.22. The number of carbonyl (C=O) groups excluding carboxylic acids is 2. The third-order valence-corrected chi connectivity index (χ3v) is 5.99. The summed E-state index contributed by atoms with van der Waals surface area (Å²) in [5.41, 5.74) is -3.13. The second kappa shape index (κ2) is 9.34. The zero-order chi connectivity index (χ0) is 27.2. The van der Waals surface area contributed by atoms with E-state index in [-0.39, 0.29) is 22.6 Å². The Morgan fingerprint density at radius 2 is 1.44 bits per heavy atom. The zero-order valence-corrected chi connectivity index (χ0v) is 20.5. The first-order valence-electron chi connectivity index (χ1n) is 8.75. The smallest absolute Gasteiger partial charge is 0.460 e. The van der Waals surface area contributed by atoms with Crippen LogP contribution in [0.3, 0.4) is 0 Å². The minimum atomic E-state index is -6.82. The molecule has 0 aliphatic heterocycles. The first-order valence-corrected chi connectivity index (χ1v) is 11.2. The molecular formula is C15H18F8INO8S. The van der Waals surface area contributed by atoms with E-state index in [9.17, 15) is 53.1 Å². The van der Waals surface area contributed by atoms with Crippen LogP contribution in [0.5, 0.6) is 0 Å². The van der Waals surface area contributed by atoms with Gasteiger partial charge in [-0.2, -0.15) is 43.5 Å². The largest absolute Gasteiger partial charge is 0.467 e. The van der Waals surface area contributed by atoms with Gasteiger partial charge in [-0.25, -0.2) is 14.3 Å². The maximum Gasteiger partial charge on any atom is 0.460 e. The van der Waals surface area contributed by atoms with Gasteiger partial charge in [0, 0.05) is 35.4 Å². The molecule has 200 valence electrons. The lowest BCUT2D eigenvalue weighted by Gasteiger charge is -2.44. The van der Waals surface area contributed by atoms with Gasteiger partial charge in [0.1, 0.15) is 11.1 Å². The van der Waals surface area contributed by atoms with Gasteiger partial charge < -0.3 is 14.8 Å². The minimum absolute atomic E-state index is 0.382. The number of nitrogens with one attached hydrogen (secondary N) is 1. The number of esters is 1. The SMILES string of the molecule is COC(=O)C1(NC(=O)OC(C)(C)C)CC(OS(=O)(=O)C(F)(F)C(F)(F)OC(F)(F)C(F)(F)I)C1. The summed E-state index contributed by atoms with van der Waals surface area (Å²) in [5.74, 6) is -1.21. The van der Waals surface area contributed by atoms with E-state index >= 15 is 0 Å². The van der Waals surface area contributed by atoms with Crippen LogP contribution in [-0.2, 0) is 33.3 Å². The number of methoxy groups -OCH3 is 1. The Balaban J connectivity index is 3.04. The predicted molar refractivity (Wildman–Crippen MR) is 102 cm³/mol. The maximum absolute atomic E-state index is 13.9. The highest BCUT2D eigenvalue weighted by Gasteiger charge is 2.75. The number of ether oxygens (including phenoxy) is 3. The summed E-state index contributed by atoms with van der Waals surface area (Å²) in [6, 6.07) is 0. The third-order valence-electron chi connectivity index (χ3n) is 3.97. The second-order valence-electron chi connectivity index (χ2n) is 7.93. The molecule has 9 nitrogen and oxygen atoms in total. The number of carbonyl (C=O) groups is 2. The van der Waals surface area contributed by atoms with Crippen LogP contribution < -0.4 is 5.32 Å². The van der Waals surface area contributed by atoms with Crippen LogP contribution in [0.2, 0.25) is 0 Å². The van der Waals surface area contributed by atoms with Crippen molar-refractivity contribution in [2.75, 3.05) is 7.11 Å². The van der Waals surface area contributed by atoms with E-state index in [4.69, 9.17) is 4.74 Å². The molecule has 1 aliphatic rings. The summed E-state index contributed by atoms with van der Waals surface area (Å²) in [6.07, 6.45) is -17.9.